The van der Waals surface area contributed by atoms with Crippen LogP contribution in [0.3, 0.4) is 0 Å². The Labute approximate surface area is 186 Å². The van der Waals surface area contributed by atoms with Crippen LogP contribution in [-0.4, -0.2) is 45.2 Å². The van der Waals surface area contributed by atoms with Crippen LogP contribution in [0.15, 0.2) is 41.1 Å². The summed E-state index contributed by atoms with van der Waals surface area (Å²) in [6.45, 7) is 2.33. The Morgan fingerprint density at radius 3 is 2.31 bits per heavy atom. The van der Waals surface area contributed by atoms with Gasteiger partial charge in [0.15, 0.2) is 0 Å². The molecule has 0 unspecified atom stereocenters. The highest BCUT2D eigenvalue weighted by Gasteiger charge is 2.39. The van der Waals surface area contributed by atoms with E-state index in [1.807, 2.05) is 0 Å². The van der Waals surface area contributed by atoms with E-state index in [0.717, 1.165) is 38.2 Å². The third kappa shape index (κ3) is 4.16. The predicted molar refractivity (Wildman–Crippen MR) is 115 cm³/mol. The van der Waals surface area contributed by atoms with Crippen LogP contribution < -0.4 is 0 Å². The highest BCUT2D eigenvalue weighted by molar-refractivity contribution is 5.48. The van der Waals surface area contributed by atoms with Crippen molar-refractivity contribution in [3.8, 4) is 11.5 Å². The topological polar surface area (TPSA) is 67.9 Å². The maximum absolute atomic E-state index is 12.7. The summed E-state index contributed by atoms with van der Waals surface area (Å²) >= 11 is 0. The summed E-state index contributed by atoms with van der Waals surface area (Å²) in [5.74, 6) is 0.709. The van der Waals surface area contributed by atoms with Crippen molar-refractivity contribution < 1.29 is 13.2 Å². The number of hydrogen-bond donors (Lipinski definition) is 0. The average Bonchev–Trinajstić information content (AvgIpc) is 3.28. The zero-order valence-electron chi connectivity index (χ0n) is 18.2. The fourth-order valence-electron chi connectivity index (χ4n) is 4.92. The van der Waals surface area contributed by atoms with Gasteiger partial charge in [0.25, 0.3) is 11.8 Å². The minimum Gasteiger partial charge on any atom is -0.415 e. The van der Waals surface area contributed by atoms with Gasteiger partial charge in [-0.2, -0.15) is 8.78 Å². The van der Waals surface area contributed by atoms with Crippen molar-refractivity contribution in [3.63, 3.8) is 0 Å². The van der Waals surface area contributed by atoms with Gasteiger partial charge >= 0.3 is 6.43 Å². The van der Waals surface area contributed by atoms with Crippen LogP contribution in [-0.2, 0) is 11.8 Å². The first-order chi connectivity index (χ1) is 15.5. The average molecular weight is 440 g/mol. The van der Waals surface area contributed by atoms with Crippen molar-refractivity contribution in [1.29, 1.82) is 0 Å². The summed E-state index contributed by atoms with van der Waals surface area (Å²) in [5, 5.41) is 7.01. The third-order valence-corrected chi connectivity index (χ3v) is 7.10. The molecule has 8 heteroatoms. The molecular formula is C24H27F2N5O. The Hall–Kier alpha value is -2.74. The fraction of sp³-hybridized carbons (Fsp3) is 0.500. The second-order valence-electron chi connectivity index (χ2n) is 9.14. The van der Waals surface area contributed by atoms with Gasteiger partial charge in [-0.3, -0.25) is 0 Å². The maximum Gasteiger partial charge on any atom is 0.314 e. The maximum atomic E-state index is 12.7. The van der Waals surface area contributed by atoms with Crippen LogP contribution >= 0.6 is 0 Å². The summed E-state index contributed by atoms with van der Waals surface area (Å²) in [6.07, 6.45) is 6.99. The number of piperidine rings is 1. The van der Waals surface area contributed by atoms with Crippen molar-refractivity contribution in [3.05, 3.63) is 59.5 Å². The first kappa shape index (κ1) is 21.1. The molecule has 168 valence electrons. The molecule has 1 saturated carbocycles. The molecule has 1 aliphatic heterocycles. The molecule has 0 N–H and O–H groups in total. The molecule has 0 spiro atoms. The molecule has 3 heterocycles. The number of nitrogens with zero attached hydrogens (tertiary/aromatic N) is 5. The summed E-state index contributed by atoms with van der Waals surface area (Å²) in [6, 6.07) is 9.22. The molecule has 1 aromatic carbocycles. The number of hydrogen-bond acceptors (Lipinski definition) is 6. The number of halogens is 2. The fourth-order valence-corrected chi connectivity index (χ4v) is 4.92. The lowest BCUT2D eigenvalue weighted by atomic mass is 9.62. The van der Waals surface area contributed by atoms with Crippen LogP contribution in [0, 0.1) is 0 Å². The van der Waals surface area contributed by atoms with E-state index in [9.17, 15) is 8.78 Å². The van der Waals surface area contributed by atoms with Crippen LogP contribution in [0.25, 0.3) is 11.5 Å². The van der Waals surface area contributed by atoms with E-state index < -0.39 is 12.3 Å². The first-order valence-electron chi connectivity index (χ1n) is 11.2. The number of likely N-dealkylation sites (tertiary alicyclic amines) is 1. The largest absolute Gasteiger partial charge is 0.415 e. The molecule has 6 nitrogen and oxygen atoms in total. The van der Waals surface area contributed by atoms with Gasteiger partial charge in [-0.05, 0) is 62.9 Å². The molecule has 0 atom stereocenters. The summed E-state index contributed by atoms with van der Waals surface area (Å²) < 4.78 is 30.3. The summed E-state index contributed by atoms with van der Waals surface area (Å²) in [7, 11) is 2.19. The van der Waals surface area contributed by atoms with Gasteiger partial charge in [-0.1, -0.05) is 30.7 Å². The van der Waals surface area contributed by atoms with Gasteiger partial charge in [0.05, 0.1) is 5.56 Å². The molecule has 2 aromatic heterocycles. The van der Waals surface area contributed by atoms with Crippen molar-refractivity contribution in [2.75, 3.05) is 20.1 Å². The molecule has 0 bridgehead atoms. The molecule has 2 fully saturated rings. The van der Waals surface area contributed by atoms with E-state index in [2.05, 4.69) is 56.4 Å². The molecule has 1 saturated heterocycles. The van der Waals surface area contributed by atoms with Gasteiger partial charge in [0.2, 0.25) is 0 Å². The highest BCUT2D eigenvalue weighted by atomic mass is 19.3. The zero-order chi connectivity index (χ0) is 22.1. The number of rotatable bonds is 6. The standard InChI is InChI=1S/C24H27F2N5O/c1-31-11-7-17(8-12-31)16-3-5-19(6-4-16)24(9-2-10-24)13-20-27-14-18(15-28-20)22-29-30-23(32-22)21(25)26/h3-6,14-15,17,21H,2,7-13H2,1H3. The van der Waals surface area contributed by atoms with Crippen molar-refractivity contribution >= 4 is 0 Å². The quantitative estimate of drug-likeness (QED) is 0.542. The predicted octanol–water partition coefficient (Wildman–Crippen LogP) is 4.94. The smallest absolute Gasteiger partial charge is 0.314 e. The van der Waals surface area contributed by atoms with Crippen LogP contribution in [0.5, 0.6) is 0 Å². The number of benzene rings is 1. The monoisotopic (exact) mass is 439 g/mol. The Kier molecular flexibility index (Phi) is 5.71. The van der Waals surface area contributed by atoms with Crippen molar-refractivity contribution in [1.82, 2.24) is 25.1 Å². The molecular weight excluding hydrogens is 412 g/mol. The lowest BCUT2D eigenvalue weighted by molar-refractivity contribution is 0.116. The Balaban J connectivity index is 1.29. The SMILES string of the molecule is CN1CCC(c2ccc(C3(Cc4ncc(-c5nnc(C(F)F)o5)cn4)CCC3)cc2)CC1. The Morgan fingerprint density at radius 1 is 1.06 bits per heavy atom. The molecule has 0 radical (unpaired) electrons. The lowest BCUT2D eigenvalue weighted by Gasteiger charge is -2.42. The summed E-state index contributed by atoms with van der Waals surface area (Å²) in [4.78, 5) is 11.3. The molecule has 2 aliphatic rings. The van der Waals surface area contributed by atoms with E-state index in [1.165, 1.54) is 30.4 Å². The van der Waals surface area contributed by atoms with Gasteiger partial charge in [0.1, 0.15) is 5.82 Å². The van der Waals surface area contributed by atoms with E-state index in [0.29, 0.717) is 11.5 Å². The molecule has 3 aromatic rings. The Morgan fingerprint density at radius 2 is 1.75 bits per heavy atom. The first-order valence-corrected chi connectivity index (χ1v) is 11.2. The molecule has 0 amide bonds. The van der Waals surface area contributed by atoms with Crippen molar-refractivity contribution in [2.24, 2.45) is 0 Å². The minimum atomic E-state index is -2.79. The molecule has 5 rings (SSSR count). The number of aromatic nitrogens is 4. The third-order valence-electron chi connectivity index (χ3n) is 7.10. The summed E-state index contributed by atoms with van der Waals surface area (Å²) in [5.41, 5.74) is 3.31. The van der Waals surface area contributed by atoms with Gasteiger partial charge < -0.3 is 9.32 Å². The minimum absolute atomic E-state index is 0.00898. The van der Waals surface area contributed by atoms with Gasteiger partial charge in [-0.15, -0.1) is 10.2 Å². The second-order valence-corrected chi connectivity index (χ2v) is 9.14. The van der Waals surface area contributed by atoms with Gasteiger partial charge in [-0.25, -0.2) is 9.97 Å². The van der Waals surface area contributed by atoms with Gasteiger partial charge in [0, 0.05) is 24.2 Å². The van der Waals surface area contributed by atoms with E-state index in [-0.39, 0.29) is 11.3 Å². The Bertz CT molecular complexity index is 1040. The van der Waals surface area contributed by atoms with E-state index in [1.54, 1.807) is 12.4 Å². The van der Waals surface area contributed by atoms with Crippen LogP contribution in [0.4, 0.5) is 8.78 Å². The van der Waals surface area contributed by atoms with Crippen LogP contribution in [0.2, 0.25) is 0 Å². The normalized spacial score (nSPS) is 19.2. The van der Waals surface area contributed by atoms with E-state index in [4.69, 9.17) is 4.42 Å². The second kappa shape index (κ2) is 8.65. The van der Waals surface area contributed by atoms with Crippen molar-refractivity contribution in [2.45, 2.75) is 56.3 Å². The number of alkyl halides is 2. The zero-order valence-corrected chi connectivity index (χ0v) is 18.2. The van der Waals surface area contributed by atoms with Crippen LogP contribution in [0.1, 0.15) is 67.3 Å². The molecule has 32 heavy (non-hydrogen) atoms. The highest BCUT2D eigenvalue weighted by Crippen LogP contribution is 2.46. The molecule has 1 aliphatic carbocycles. The van der Waals surface area contributed by atoms with E-state index >= 15 is 0 Å². The lowest BCUT2D eigenvalue weighted by Crippen LogP contribution is -2.37.